The van der Waals surface area contributed by atoms with Crippen LogP contribution in [0.3, 0.4) is 0 Å². The van der Waals surface area contributed by atoms with Gasteiger partial charge in [0, 0.05) is 5.70 Å². The van der Waals surface area contributed by atoms with Crippen molar-refractivity contribution in [1.82, 2.24) is 0 Å². The lowest BCUT2D eigenvalue weighted by Crippen LogP contribution is -2.08. The number of hydrogen-bond donors (Lipinski definition) is 1. The molecule has 10 heavy (non-hydrogen) atoms. The third-order valence-corrected chi connectivity index (χ3v) is 1.31. The van der Waals surface area contributed by atoms with Gasteiger partial charge in [-0.25, -0.2) is 4.39 Å². The zero-order chi connectivity index (χ0) is 7.61. The van der Waals surface area contributed by atoms with Crippen LogP contribution in [-0.2, 0) is 0 Å². The summed E-state index contributed by atoms with van der Waals surface area (Å²) < 4.78 is 13.0. The van der Waals surface area contributed by atoms with Crippen LogP contribution in [-0.4, -0.2) is 5.67 Å². The van der Waals surface area contributed by atoms with Gasteiger partial charge in [0.1, 0.15) is 5.67 Å². The Morgan fingerprint density at radius 1 is 1.50 bits per heavy atom. The monoisotopic (exact) mass is 139 g/mol. The van der Waals surface area contributed by atoms with Crippen LogP contribution in [0, 0.1) is 0 Å². The standard InChI is InChI=1S/C8H10FN/c1-8(9)5-2-3-7(10)4-6-8/h2-6H,10H2,1H3. The summed E-state index contributed by atoms with van der Waals surface area (Å²) in [5.74, 6) is 0. The summed E-state index contributed by atoms with van der Waals surface area (Å²) in [6.45, 7) is 1.48. The largest absolute Gasteiger partial charge is 0.399 e. The maximum Gasteiger partial charge on any atom is 0.145 e. The van der Waals surface area contributed by atoms with E-state index in [4.69, 9.17) is 5.73 Å². The van der Waals surface area contributed by atoms with E-state index in [1.165, 1.54) is 19.1 Å². The molecule has 0 saturated carbocycles. The minimum atomic E-state index is -1.35. The maximum atomic E-state index is 13.0. The number of hydrogen-bond acceptors (Lipinski definition) is 1. The van der Waals surface area contributed by atoms with E-state index in [2.05, 4.69) is 0 Å². The fraction of sp³-hybridized carbons (Fsp3) is 0.250. The zero-order valence-electron chi connectivity index (χ0n) is 5.84. The van der Waals surface area contributed by atoms with Crippen LogP contribution in [0.1, 0.15) is 6.92 Å². The topological polar surface area (TPSA) is 26.0 Å². The molecule has 0 amide bonds. The highest BCUT2D eigenvalue weighted by Gasteiger charge is 2.14. The van der Waals surface area contributed by atoms with Crippen LogP contribution in [0.4, 0.5) is 4.39 Å². The van der Waals surface area contributed by atoms with Gasteiger partial charge in [-0.3, -0.25) is 0 Å². The first-order chi connectivity index (χ1) is 4.60. The Bertz CT molecular complexity index is 211. The Morgan fingerprint density at radius 3 is 2.90 bits per heavy atom. The quantitative estimate of drug-likeness (QED) is 0.543. The van der Waals surface area contributed by atoms with E-state index in [9.17, 15) is 4.39 Å². The molecule has 0 spiro atoms. The lowest BCUT2D eigenvalue weighted by atomic mass is 10.1. The van der Waals surface area contributed by atoms with Gasteiger partial charge >= 0.3 is 0 Å². The normalized spacial score (nSPS) is 31.6. The molecule has 1 aliphatic carbocycles. The summed E-state index contributed by atoms with van der Waals surface area (Å²) in [5.41, 5.74) is 4.64. The molecule has 1 aliphatic rings. The van der Waals surface area contributed by atoms with Gasteiger partial charge < -0.3 is 5.73 Å². The molecule has 0 heterocycles. The Hall–Kier alpha value is -1.05. The molecule has 54 valence electrons. The summed E-state index contributed by atoms with van der Waals surface area (Å²) in [6.07, 6.45) is 7.75. The Kier molecular flexibility index (Phi) is 1.62. The molecule has 0 aromatic rings. The molecule has 0 fully saturated rings. The summed E-state index contributed by atoms with van der Waals surface area (Å²) in [6, 6.07) is 0. The summed E-state index contributed by atoms with van der Waals surface area (Å²) in [7, 11) is 0. The number of allylic oxidation sites excluding steroid dienone is 5. The van der Waals surface area contributed by atoms with Crippen molar-refractivity contribution in [2.75, 3.05) is 0 Å². The van der Waals surface area contributed by atoms with E-state index in [1.54, 1.807) is 18.2 Å². The van der Waals surface area contributed by atoms with Crippen LogP contribution in [0.25, 0.3) is 0 Å². The number of halogens is 1. The SMILES string of the molecule is CC1(F)C=CC=C(N)C=C1. The van der Waals surface area contributed by atoms with Crippen molar-refractivity contribution in [3.8, 4) is 0 Å². The first kappa shape index (κ1) is 7.06. The first-order valence-electron chi connectivity index (χ1n) is 3.13. The minimum Gasteiger partial charge on any atom is -0.399 e. The van der Waals surface area contributed by atoms with E-state index >= 15 is 0 Å². The molecule has 0 bridgehead atoms. The van der Waals surface area contributed by atoms with E-state index in [1.807, 2.05) is 0 Å². The molecular formula is C8H10FN. The van der Waals surface area contributed by atoms with Gasteiger partial charge in [-0.05, 0) is 31.2 Å². The number of alkyl halides is 1. The van der Waals surface area contributed by atoms with Crippen molar-refractivity contribution in [3.63, 3.8) is 0 Å². The van der Waals surface area contributed by atoms with Crippen LogP contribution in [0.15, 0.2) is 36.1 Å². The molecule has 0 aliphatic heterocycles. The summed E-state index contributed by atoms with van der Waals surface area (Å²) >= 11 is 0. The van der Waals surface area contributed by atoms with Crippen LogP contribution in [0.2, 0.25) is 0 Å². The van der Waals surface area contributed by atoms with Gasteiger partial charge in [0.2, 0.25) is 0 Å². The minimum absolute atomic E-state index is 0.581. The molecule has 1 nitrogen and oxygen atoms in total. The molecule has 2 N–H and O–H groups in total. The Labute approximate surface area is 59.7 Å². The van der Waals surface area contributed by atoms with E-state index in [0.717, 1.165) is 0 Å². The van der Waals surface area contributed by atoms with Crippen molar-refractivity contribution < 1.29 is 4.39 Å². The lowest BCUT2D eigenvalue weighted by molar-refractivity contribution is 0.328. The fourth-order valence-electron chi connectivity index (χ4n) is 0.718. The average molecular weight is 139 g/mol. The molecule has 2 heteroatoms. The molecule has 0 aromatic carbocycles. The smallest absolute Gasteiger partial charge is 0.145 e. The van der Waals surface area contributed by atoms with Gasteiger partial charge in [-0.15, -0.1) is 0 Å². The number of nitrogens with two attached hydrogens (primary N) is 1. The molecule has 1 atom stereocenters. The van der Waals surface area contributed by atoms with Crippen LogP contribution in [0.5, 0.6) is 0 Å². The molecule has 0 saturated heterocycles. The average Bonchev–Trinajstić information content (AvgIpc) is 1.94. The molecular weight excluding hydrogens is 129 g/mol. The molecule has 1 unspecified atom stereocenters. The summed E-state index contributed by atoms with van der Waals surface area (Å²) in [4.78, 5) is 0. The van der Waals surface area contributed by atoms with Crippen molar-refractivity contribution in [3.05, 3.63) is 36.1 Å². The maximum absolute atomic E-state index is 13.0. The highest BCUT2D eigenvalue weighted by molar-refractivity contribution is 5.30. The van der Waals surface area contributed by atoms with Gasteiger partial charge in [0.05, 0.1) is 0 Å². The van der Waals surface area contributed by atoms with Gasteiger partial charge in [-0.1, -0.05) is 6.08 Å². The van der Waals surface area contributed by atoms with Crippen molar-refractivity contribution in [1.29, 1.82) is 0 Å². The zero-order valence-corrected chi connectivity index (χ0v) is 5.84. The predicted molar refractivity (Wildman–Crippen MR) is 40.1 cm³/mol. The highest BCUT2D eigenvalue weighted by atomic mass is 19.1. The van der Waals surface area contributed by atoms with Crippen LogP contribution < -0.4 is 5.73 Å². The fourth-order valence-corrected chi connectivity index (χ4v) is 0.718. The van der Waals surface area contributed by atoms with Crippen molar-refractivity contribution in [2.45, 2.75) is 12.6 Å². The van der Waals surface area contributed by atoms with Crippen LogP contribution >= 0.6 is 0 Å². The van der Waals surface area contributed by atoms with E-state index in [-0.39, 0.29) is 0 Å². The molecule has 0 aromatic heterocycles. The van der Waals surface area contributed by atoms with E-state index < -0.39 is 5.67 Å². The Morgan fingerprint density at radius 2 is 2.20 bits per heavy atom. The lowest BCUT2D eigenvalue weighted by Gasteiger charge is -2.06. The third-order valence-electron chi connectivity index (χ3n) is 1.31. The second-order valence-electron chi connectivity index (χ2n) is 2.51. The molecule has 0 radical (unpaired) electrons. The van der Waals surface area contributed by atoms with Gasteiger partial charge in [0.15, 0.2) is 0 Å². The van der Waals surface area contributed by atoms with Gasteiger partial charge in [0.25, 0.3) is 0 Å². The Balaban J connectivity index is 2.88. The van der Waals surface area contributed by atoms with E-state index in [0.29, 0.717) is 5.70 Å². The number of rotatable bonds is 0. The highest BCUT2D eigenvalue weighted by Crippen LogP contribution is 2.16. The third kappa shape index (κ3) is 1.72. The second kappa shape index (κ2) is 2.29. The van der Waals surface area contributed by atoms with Crippen molar-refractivity contribution in [2.24, 2.45) is 5.73 Å². The molecule has 1 rings (SSSR count). The summed E-state index contributed by atoms with van der Waals surface area (Å²) in [5, 5.41) is 0. The second-order valence-corrected chi connectivity index (χ2v) is 2.51. The first-order valence-corrected chi connectivity index (χ1v) is 3.13. The predicted octanol–water partition coefficient (Wildman–Crippen LogP) is 1.68. The van der Waals surface area contributed by atoms with Crippen molar-refractivity contribution >= 4 is 0 Å². The van der Waals surface area contributed by atoms with Gasteiger partial charge in [-0.2, -0.15) is 0 Å².